The molecule has 0 aromatic carbocycles. The molecule has 1 saturated carbocycles. The van der Waals surface area contributed by atoms with E-state index in [4.69, 9.17) is 4.99 Å². The predicted octanol–water partition coefficient (Wildman–Crippen LogP) is 3.76. The van der Waals surface area contributed by atoms with Crippen molar-refractivity contribution in [3.8, 4) is 0 Å². The number of carbonyl (C=O) groups excluding carboxylic acids is 1. The first-order valence-electron chi connectivity index (χ1n) is 10.9. The number of piperidine rings is 1. The second kappa shape index (κ2) is 10.3. The number of guanidine groups is 1. The molecule has 2 N–H and O–H groups in total. The highest BCUT2D eigenvalue weighted by Gasteiger charge is 2.35. The van der Waals surface area contributed by atoms with Gasteiger partial charge in [-0.3, -0.25) is 9.79 Å². The highest BCUT2D eigenvalue weighted by Crippen LogP contribution is 2.41. The van der Waals surface area contributed by atoms with Gasteiger partial charge in [0, 0.05) is 43.4 Å². The van der Waals surface area contributed by atoms with Gasteiger partial charge in [-0.2, -0.15) is 0 Å². The molecule has 2 fully saturated rings. The summed E-state index contributed by atoms with van der Waals surface area (Å²) in [5.74, 6) is 1.71. The molecule has 28 heavy (non-hydrogen) atoms. The van der Waals surface area contributed by atoms with E-state index in [0.717, 1.165) is 45.0 Å². The minimum atomic E-state index is 0.161. The van der Waals surface area contributed by atoms with E-state index in [2.05, 4.69) is 40.0 Å². The monoisotopic (exact) mass is 404 g/mol. The first kappa shape index (κ1) is 21.2. The molecule has 1 aromatic heterocycles. The average molecular weight is 405 g/mol. The van der Waals surface area contributed by atoms with Crippen LogP contribution in [0.5, 0.6) is 0 Å². The Balaban J connectivity index is 1.66. The molecule has 1 saturated heterocycles. The zero-order chi connectivity index (χ0) is 19.8. The largest absolute Gasteiger partial charge is 0.359 e. The Morgan fingerprint density at radius 2 is 2.04 bits per heavy atom. The first-order chi connectivity index (χ1) is 13.7. The van der Waals surface area contributed by atoms with Gasteiger partial charge in [-0.1, -0.05) is 25.3 Å². The highest BCUT2D eigenvalue weighted by atomic mass is 32.1. The molecule has 1 aliphatic carbocycles. The van der Waals surface area contributed by atoms with Crippen LogP contribution in [0, 0.1) is 5.92 Å². The molecule has 3 rings (SSSR count). The van der Waals surface area contributed by atoms with Gasteiger partial charge >= 0.3 is 0 Å². The number of nitrogens with zero attached hydrogens (tertiary/aromatic N) is 2. The van der Waals surface area contributed by atoms with Crippen molar-refractivity contribution in [3.05, 3.63) is 22.4 Å². The Bertz CT molecular complexity index is 629. The summed E-state index contributed by atoms with van der Waals surface area (Å²) in [5, 5.41) is 8.48. The molecule has 1 amide bonds. The summed E-state index contributed by atoms with van der Waals surface area (Å²) in [5.41, 5.74) is 0.227. The second-order valence-corrected chi connectivity index (χ2v) is 9.24. The van der Waals surface area contributed by atoms with Crippen LogP contribution >= 0.6 is 11.3 Å². The number of thiophene rings is 1. The van der Waals surface area contributed by atoms with Crippen molar-refractivity contribution in [2.75, 3.05) is 33.2 Å². The Morgan fingerprint density at radius 1 is 1.29 bits per heavy atom. The zero-order valence-corrected chi connectivity index (χ0v) is 18.3. The molecule has 0 radical (unpaired) electrons. The summed E-state index contributed by atoms with van der Waals surface area (Å²) in [6.45, 7) is 5.89. The highest BCUT2D eigenvalue weighted by molar-refractivity contribution is 7.10. The first-order valence-corrected chi connectivity index (χ1v) is 11.8. The van der Waals surface area contributed by atoms with Crippen LogP contribution in [-0.2, 0) is 10.2 Å². The standard InChI is InChI=1S/C22H36N4OS/c1-3-24-21(26-13-9-18(10-14-26)16-20(27)23-2)25-17-22(11-5-4-6-12-22)19-8-7-15-28-19/h7-8,15,18H,3-6,9-14,16-17H2,1-2H3,(H,23,27)(H,24,25). The number of carbonyl (C=O) groups is 1. The van der Waals surface area contributed by atoms with Gasteiger partial charge in [-0.05, 0) is 50.0 Å². The number of likely N-dealkylation sites (tertiary alicyclic amines) is 1. The van der Waals surface area contributed by atoms with Gasteiger partial charge in [0.25, 0.3) is 0 Å². The Hall–Kier alpha value is -1.56. The van der Waals surface area contributed by atoms with E-state index in [1.54, 1.807) is 7.05 Å². The van der Waals surface area contributed by atoms with Crippen molar-refractivity contribution in [2.45, 2.75) is 63.7 Å². The van der Waals surface area contributed by atoms with E-state index in [-0.39, 0.29) is 11.3 Å². The van der Waals surface area contributed by atoms with Crippen LogP contribution in [0.1, 0.15) is 63.2 Å². The summed E-state index contributed by atoms with van der Waals surface area (Å²) in [6, 6.07) is 4.49. The average Bonchev–Trinajstić information content (AvgIpc) is 3.28. The summed E-state index contributed by atoms with van der Waals surface area (Å²) in [4.78, 5) is 20.7. The van der Waals surface area contributed by atoms with Crippen molar-refractivity contribution in [1.82, 2.24) is 15.5 Å². The molecule has 1 aliphatic heterocycles. The minimum absolute atomic E-state index is 0.161. The topological polar surface area (TPSA) is 56.7 Å². The number of nitrogens with one attached hydrogen (secondary N) is 2. The smallest absolute Gasteiger partial charge is 0.220 e. The normalized spacial score (nSPS) is 20.8. The van der Waals surface area contributed by atoms with Gasteiger partial charge in [0.2, 0.25) is 5.91 Å². The van der Waals surface area contributed by atoms with Crippen LogP contribution < -0.4 is 10.6 Å². The van der Waals surface area contributed by atoms with Crippen LogP contribution in [0.4, 0.5) is 0 Å². The third-order valence-electron chi connectivity index (χ3n) is 6.39. The summed E-state index contributed by atoms with van der Waals surface area (Å²) < 4.78 is 0. The second-order valence-electron chi connectivity index (χ2n) is 8.30. The Labute approximate surface area is 174 Å². The molecule has 0 atom stereocenters. The maximum Gasteiger partial charge on any atom is 0.220 e. The van der Waals surface area contributed by atoms with Crippen molar-refractivity contribution >= 4 is 23.2 Å². The molecule has 0 spiro atoms. The molecule has 0 unspecified atom stereocenters. The number of aliphatic imine (C=N–C) groups is 1. The van der Waals surface area contributed by atoms with Crippen LogP contribution in [0.2, 0.25) is 0 Å². The lowest BCUT2D eigenvalue weighted by Gasteiger charge is -2.37. The molecule has 0 bridgehead atoms. The molecule has 6 heteroatoms. The van der Waals surface area contributed by atoms with Crippen LogP contribution in [0.25, 0.3) is 0 Å². The fourth-order valence-electron chi connectivity index (χ4n) is 4.66. The molecule has 2 heterocycles. The quantitative estimate of drug-likeness (QED) is 0.561. The van der Waals surface area contributed by atoms with Crippen LogP contribution in [0.3, 0.4) is 0 Å². The third-order valence-corrected chi connectivity index (χ3v) is 7.50. The molecule has 156 valence electrons. The van der Waals surface area contributed by atoms with E-state index in [0.29, 0.717) is 12.3 Å². The predicted molar refractivity (Wildman–Crippen MR) is 118 cm³/mol. The van der Waals surface area contributed by atoms with Crippen LogP contribution in [-0.4, -0.2) is 50.0 Å². The van der Waals surface area contributed by atoms with Gasteiger partial charge in [-0.15, -0.1) is 11.3 Å². The zero-order valence-electron chi connectivity index (χ0n) is 17.5. The van der Waals surface area contributed by atoms with Crippen molar-refractivity contribution in [1.29, 1.82) is 0 Å². The fourth-order valence-corrected chi connectivity index (χ4v) is 5.64. The Kier molecular flexibility index (Phi) is 7.77. The molecular weight excluding hydrogens is 368 g/mol. The summed E-state index contributed by atoms with van der Waals surface area (Å²) >= 11 is 1.90. The third kappa shape index (κ3) is 5.28. The lowest BCUT2D eigenvalue weighted by Crippen LogP contribution is -2.46. The van der Waals surface area contributed by atoms with Crippen molar-refractivity contribution in [2.24, 2.45) is 10.9 Å². The number of hydrogen-bond acceptors (Lipinski definition) is 3. The van der Waals surface area contributed by atoms with E-state index < -0.39 is 0 Å². The van der Waals surface area contributed by atoms with Crippen molar-refractivity contribution < 1.29 is 4.79 Å². The van der Waals surface area contributed by atoms with Gasteiger partial charge in [0.15, 0.2) is 5.96 Å². The van der Waals surface area contributed by atoms with Crippen LogP contribution in [0.15, 0.2) is 22.5 Å². The number of rotatable bonds is 6. The SMILES string of the molecule is CCNC(=NCC1(c2cccs2)CCCCC1)N1CCC(CC(=O)NC)CC1. The maximum absolute atomic E-state index is 11.7. The molecular formula is C22H36N4OS. The van der Waals surface area contributed by atoms with E-state index in [9.17, 15) is 4.79 Å². The molecule has 5 nitrogen and oxygen atoms in total. The van der Waals surface area contributed by atoms with Gasteiger partial charge in [-0.25, -0.2) is 0 Å². The van der Waals surface area contributed by atoms with Gasteiger partial charge in [0.05, 0.1) is 6.54 Å². The minimum Gasteiger partial charge on any atom is -0.359 e. The molecule has 1 aromatic rings. The lowest BCUT2D eigenvalue weighted by atomic mass is 9.73. The number of hydrogen-bond donors (Lipinski definition) is 2. The summed E-state index contributed by atoms with van der Waals surface area (Å²) in [6.07, 6.45) is 9.27. The van der Waals surface area contributed by atoms with Gasteiger partial charge in [0.1, 0.15) is 0 Å². The van der Waals surface area contributed by atoms with E-state index in [1.807, 2.05) is 11.3 Å². The Morgan fingerprint density at radius 3 is 2.64 bits per heavy atom. The fraction of sp³-hybridized carbons (Fsp3) is 0.727. The summed E-state index contributed by atoms with van der Waals surface area (Å²) in [7, 11) is 1.72. The van der Waals surface area contributed by atoms with Gasteiger partial charge < -0.3 is 15.5 Å². The molecule has 2 aliphatic rings. The lowest BCUT2D eigenvalue weighted by molar-refractivity contribution is -0.121. The van der Waals surface area contributed by atoms with Crippen molar-refractivity contribution in [3.63, 3.8) is 0 Å². The number of amides is 1. The maximum atomic E-state index is 11.7. The van der Waals surface area contributed by atoms with E-state index in [1.165, 1.54) is 37.0 Å². The van der Waals surface area contributed by atoms with E-state index >= 15 is 0 Å².